The molecule has 0 N–H and O–H groups in total. The van der Waals surface area contributed by atoms with Crippen LogP contribution in [0.1, 0.15) is 5.56 Å². The molecule has 0 radical (unpaired) electrons. The van der Waals surface area contributed by atoms with Crippen molar-refractivity contribution in [1.82, 2.24) is 0 Å². The van der Waals surface area contributed by atoms with E-state index >= 15 is 0 Å². The van der Waals surface area contributed by atoms with Gasteiger partial charge >= 0.3 is 0 Å². The molecule has 0 atom stereocenters. The lowest BCUT2D eigenvalue weighted by Gasteiger charge is -2.06. The van der Waals surface area contributed by atoms with Crippen molar-refractivity contribution < 1.29 is 13.5 Å². The van der Waals surface area contributed by atoms with Crippen LogP contribution in [0.3, 0.4) is 0 Å². The Morgan fingerprint density at radius 1 is 1.00 bits per heavy atom. The summed E-state index contributed by atoms with van der Waals surface area (Å²) < 4.78 is 31.6. The Balaban J connectivity index is 2.26. The monoisotopic (exact) mass is 309 g/mol. The van der Waals surface area contributed by atoms with E-state index in [1.165, 1.54) is 6.07 Å². The number of hydrogen-bond acceptors (Lipinski definition) is 2. The van der Waals surface area contributed by atoms with Crippen molar-refractivity contribution in [1.29, 1.82) is 5.26 Å². The second-order valence-corrected chi connectivity index (χ2v) is 4.29. The molecule has 0 bridgehead atoms. The van der Waals surface area contributed by atoms with Crippen LogP contribution in [0.25, 0.3) is 0 Å². The van der Waals surface area contributed by atoms with E-state index in [1.54, 1.807) is 18.2 Å². The molecule has 2 aromatic carbocycles. The van der Waals surface area contributed by atoms with Gasteiger partial charge in [-0.2, -0.15) is 5.26 Å². The summed E-state index contributed by atoms with van der Waals surface area (Å²) in [5, 5.41) is 8.75. The quantitative estimate of drug-likeness (QED) is 0.824. The Morgan fingerprint density at radius 2 is 1.67 bits per heavy atom. The third-order valence-corrected chi connectivity index (χ3v) is 2.84. The van der Waals surface area contributed by atoms with Crippen LogP contribution in [-0.2, 0) is 0 Å². The zero-order valence-electron chi connectivity index (χ0n) is 8.95. The zero-order chi connectivity index (χ0) is 13.1. The summed E-state index contributed by atoms with van der Waals surface area (Å²) in [5.41, 5.74) is 0.465. The largest absolute Gasteiger partial charge is 0.457 e. The SMILES string of the molecule is N#Cc1ccc(Oc2ccc(F)c(F)c2)cc1Br. The van der Waals surface area contributed by atoms with Crippen LogP contribution in [0.4, 0.5) is 8.78 Å². The van der Waals surface area contributed by atoms with Gasteiger partial charge in [-0.3, -0.25) is 0 Å². The van der Waals surface area contributed by atoms with Crippen LogP contribution in [0, 0.1) is 23.0 Å². The Bertz CT molecular complexity index is 637. The highest BCUT2D eigenvalue weighted by Crippen LogP contribution is 2.27. The first kappa shape index (κ1) is 12.5. The topological polar surface area (TPSA) is 33.0 Å². The van der Waals surface area contributed by atoms with E-state index in [-0.39, 0.29) is 5.75 Å². The number of benzene rings is 2. The molecule has 0 aromatic heterocycles. The van der Waals surface area contributed by atoms with E-state index in [0.29, 0.717) is 15.8 Å². The molecule has 0 saturated carbocycles. The summed E-state index contributed by atoms with van der Waals surface area (Å²) in [6.07, 6.45) is 0. The predicted octanol–water partition coefficient (Wildman–Crippen LogP) is 4.39. The molecule has 18 heavy (non-hydrogen) atoms. The first-order valence-corrected chi connectivity index (χ1v) is 5.72. The summed E-state index contributed by atoms with van der Waals surface area (Å²) in [6, 6.07) is 9.99. The van der Waals surface area contributed by atoms with Crippen LogP contribution in [0.5, 0.6) is 11.5 Å². The fourth-order valence-corrected chi connectivity index (χ4v) is 1.77. The summed E-state index contributed by atoms with van der Waals surface area (Å²) in [5.74, 6) is -1.29. The summed E-state index contributed by atoms with van der Waals surface area (Å²) >= 11 is 3.21. The Morgan fingerprint density at radius 3 is 2.28 bits per heavy atom. The highest BCUT2D eigenvalue weighted by molar-refractivity contribution is 9.10. The van der Waals surface area contributed by atoms with Gasteiger partial charge in [0.05, 0.1) is 5.56 Å². The Hall–Kier alpha value is -1.93. The minimum Gasteiger partial charge on any atom is -0.457 e. The molecule has 0 aliphatic rings. The molecular weight excluding hydrogens is 304 g/mol. The van der Waals surface area contributed by atoms with Crippen LogP contribution < -0.4 is 4.74 Å². The van der Waals surface area contributed by atoms with E-state index < -0.39 is 11.6 Å². The Labute approximate surface area is 111 Å². The maximum atomic E-state index is 13.0. The molecule has 0 aliphatic carbocycles. The van der Waals surface area contributed by atoms with Crippen molar-refractivity contribution in [3.8, 4) is 17.6 Å². The first-order chi connectivity index (χ1) is 8.60. The van der Waals surface area contributed by atoms with E-state index in [9.17, 15) is 8.78 Å². The number of nitrogens with zero attached hydrogens (tertiary/aromatic N) is 1. The van der Waals surface area contributed by atoms with Crippen molar-refractivity contribution in [3.63, 3.8) is 0 Å². The average Bonchev–Trinajstić information content (AvgIpc) is 2.34. The third-order valence-electron chi connectivity index (χ3n) is 2.19. The number of halogens is 3. The summed E-state index contributed by atoms with van der Waals surface area (Å²) in [6.45, 7) is 0. The van der Waals surface area contributed by atoms with Crippen LogP contribution in [0.2, 0.25) is 0 Å². The van der Waals surface area contributed by atoms with E-state index in [1.807, 2.05) is 6.07 Å². The van der Waals surface area contributed by atoms with Gasteiger partial charge in [-0.05, 0) is 46.3 Å². The lowest BCUT2D eigenvalue weighted by Crippen LogP contribution is -1.89. The van der Waals surface area contributed by atoms with Gasteiger partial charge in [-0.1, -0.05) is 0 Å². The fraction of sp³-hybridized carbons (Fsp3) is 0. The highest BCUT2D eigenvalue weighted by atomic mass is 79.9. The molecule has 5 heteroatoms. The van der Waals surface area contributed by atoms with Crippen molar-refractivity contribution in [3.05, 3.63) is 58.1 Å². The molecule has 2 nitrogen and oxygen atoms in total. The van der Waals surface area contributed by atoms with Crippen molar-refractivity contribution in [2.45, 2.75) is 0 Å². The molecule has 0 aliphatic heterocycles. The van der Waals surface area contributed by atoms with Crippen LogP contribution in [-0.4, -0.2) is 0 Å². The molecule has 0 fully saturated rings. The lowest BCUT2D eigenvalue weighted by molar-refractivity contribution is 0.461. The normalized spacial score (nSPS) is 9.89. The second kappa shape index (κ2) is 5.15. The van der Waals surface area contributed by atoms with E-state index in [0.717, 1.165) is 12.1 Å². The summed E-state index contributed by atoms with van der Waals surface area (Å²) in [7, 11) is 0. The second-order valence-electron chi connectivity index (χ2n) is 3.43. The molecular formula is C13H6BrF2NO. The van der Waals surface area contributed by atoms with Gasteiger partial charge in [0.25, 0.3) is 0 Å². The molecule has 0 spiro atoms. The van der Waals surface area contributed by atoms with Crippen molar-refractivity contribution in [2.75, 3.05) is 0 Å². The van der Waals surface area contributed by atoms with Gasteiger partial charge < -0.3 is 4.74 Å². The Kier molecular flexibility index (Phi) is 3.58. The zero-order valence-corrected chi connectivity index (χ0v) is 10.5. The summed E-state index contributed by atoms with van der Waals surface area (Å²) in [4.78, 5) is 0. The van der Waals surface area contributed by atoms with Crippen molar-refractivity contribution >= 4 is 15.9 Å². The molecule has 0 heterocycles. The fourth-order valence-electron chi connectivity index (χ4n) is 1.33. The van der Waals surface area contributed by atoms with E-state index in [2.05, 4.69) is 15.9 Å². The highest BCUT2D eigenvalue weighted by Gasteiger charge is 2.06. The minimum atomic E-state index is -0.972. The smallest absolute Gasteiger partial charge is 0.162 e. The maximum absolute atomic E-state index is 13.0. The minimum absolute atomic E-state index is 0.186. The van der Waals surface area contributed by atoms with Crippen LogP contribution in [0.15, 0.2) is 40.9 Å². The molecule has 90 valence electrons. The van der Waals surface area contributed by atoms with Gasteiger partial charge in [0.2, 0.25) is 0 Å². The van der Waals surface area contributed by atoms with Gasteiger partial charge in [-0.25, -0.2) is 8.78 Å². The lowest BCUT2D eigenvalue weighted by atomic mass is 10.2. The third kappa shape index (κ3) is 2.66. The average molecular weight is 310 g/mol. The standard InChI is InChI=1S/C13H6BrF2NO/c14-11-5-9(2-1-8(11)7-17)18-10-3-4-12(15)13(16)6-10/h1-6H. The number of rotatable bonds is 2. The van der Waals surface area contributed by atoms with Gasteiger partial charge in [0, 0.05) is 10.5 Å². The van der Waals surface area contributed by atoms with Gasteiger partial charge in [0.15, 0.2) is 11.6 Å². The van der Waals surface area contributed by atoms with Crippen LogP contribution >= 0.6 is 15.9 Å². The first-order valence-electron chi connectivity index (χ1n) is 4.92. The maximum Gasteiger partial charge on any atom is 0.162 e. The predicted molar refractivity (Wildman–Crippen MR) is 65.3 cm³/mol. The van der Waals surface area contributed by atoms with E-state index in [4.69, 9.17) is 10.00 Å². The number of ether oxygens (including phenoxy) is 1. The van der Waals surface area contributed by atoms with Gasteiger partial charge in [-0.15, -0.1) is 0 Å². The van der Waals surface area contributed by atoms with Gasteiger partial charge in [0.1, 0.15) is 17.6 Å². The molecule has 2 aromatic rings. The number of hydrogen-bond donors (Lipinski definition) is 0. The molecule has 0 amide bonds. The molecule has 0 saturated heterocycles. The molecule has 2 rings (SSSR count). The van der Waals surface area contributed by atoms with Crippen molar-refractivity contribution in [2.24, 2.45) is 0 Å². The number of nitriles is 1. The molecule has 0 unspecified atom stereocenters.